The van der Waals surface area contributed by atoms with Gasteiger partial charge in [-0.2, -0.15) is 0 Å². The number of nitrogen functional groups attached to an aromatic ring is 1. The number of aromatic nitrogens is 2. The second kappa shape index (κ2) is 4.77. The largest absolute Gasteiger partial charge is 0.393 e. The number of benzene rings is 1. The molecule has 0 saturated heterocycles. The predicted molar refractivity (Wildman–Crippen MR) is 70.9 cm³/mol. The number of hydrogen-bond acceptors (Lipinski definition) is 4. The van der Waals surface area contributed by atoms with Crippen LogP contribution in [0.3, 0.4) is 0 Å². The van der Waals surface area contributed by atoms with Crippen molar-refractivity contribution in [2.24, 2.45) is 0 Å². The van der Waals surface area contributed by atoms with Crippen LogP contribution in [-0.2, 0) is 0 Å². The molecule has 0 saturated carbocycles. The Balaban J connectivity index is 2.38. The van der Waals surface area contributed by atoms with Crippen LogP contribution in [0.5, 0.6) is 0 Å². The van der Waals surface area contributed by atoms with E-state index in [9.17, 15) is 0 Å². The summed E-state index contributed by atoms with van der Waals surface area (Å²) in [6, 6.07) is 5.62. The van der Waals surface area contributed by atoms with Gasteiger partial charge in [0.2, 0.25) is 0 Å². The molecule has 3 N–H and O–H groups in total. The Morgan fingerprint density at radius 1 is 1.24 bits per heavy atom. The number of aryl methyl sites for hydroxylation is 1. The SMILES string of the molecule is Cc1ccc(Cl)c(Nc2ncnc(Cl)c2N)c1. The second-order valence-corrected chi connectivity index (χ2v) is 4.30. The van der Waals surface area contributed by atoms with E-state index in [2.05, 4.69) is 15.3 Å². The quantitative estimate of drug-likeness (QED) is 0.820. The predicted octanol–water partition coefficient (Wildman–Crippen LogP) is 3.42. The summed E-state index contributed by atoms with van der Waals surface area (Å²) in [5.41, 5.74) is 7.86. The van der Waals surface area contributed by atoms with E-state index in [4.69, 9.17) is 28.9 Å². The van der Waals surface area contributed by atoms with Crippen LogP contribution in [0.25, 0.3) is 0 Å². The molecule has 0 amide bonds. The van der Waals surface area contributed by atoms with Crippen molar-refractivity contribution in [3.05, 3.63) is 40.3 Å². The zero-order chi connectivity index (χ0) is 12.4. The third-order valence-electron chi connectivity index (χ3n) is 2.21. The molecule has 0 unspecified atom stereocenters. The average Bonchev–Trinajstić information content (AvgIpc) is 2.30. The molecule has 88 valence electrons. The summed E-state index contributed by atoms with van der Waals surface area (Å²) >= 11 is 11.9. The molecule has 2 aromatic rings. The van der Waals surface area contributed by atoms with Crippen LogP contribution in [0, 0.1) is 6.92 Å². The highest BCUT2D eigenvalue weighted by atomic mass is 35.5. The summed E-state index contributed by atoms with van der Waals surface area (Å²) in [4.78, 5) is 7.79. The maximum absolute atomic E-state index is 6.06. The molecular formula is C11H10Cl2N4. The highest BCUT2D eigenvalue weighted by molar-refractivity contribution is 6.33. The van der Waals surface area contributed by atoms with Gasteiger partial charge in [0.25, 0.3) is 0 Å². The van der Waals surface area contributed by atoms with Crippen LogP contribution in [-0.4, -0.2) is 9.97 Å². The van der Waals surface area contributed by atoms with Gasteiger partial charge in [0.15, 0.2) is 11.0 Å². The van der Waals surface area contributed by atoms with E-state index in [-0.39, 0.29) is 5.15 Å². The Morgan fingerprint density at radius 3 is 2.76 bits per heavy atom. The lowest BCUT2D eigenvalue weighted by molar-refractivity contribution is 1.17. The lowest BCUT2D eigenvalue weighted by Crippen LogP contribution is -2.01. The average molecular weight is 269 g/mol. The maximum Gasteiger partial charge on any atom is 0.158 e. The lowest BCUT2D eigenvalue weighted by atomic mass is 10.2. The first kappa shape index (κ1) is 12.0. The van der Waals surface area contributed by atoms with Crippen molar-refractivity contribution in [3.63, 3.8) is 0 Å². The van der Waals surface area contributed by atoms with Gasteiger partial charge >= 0.3 is 0 Å². The fourth-order valence-electron chi connectivity index (χ4n) is 1.34. The van der Waals surface area contributed by atoms with Crippen molar-refractivity contribution in [2.45, 2.75) is 6.92 Å². The number of anilines is 3. The van der Waals surface area contributed by atoms with Crippen LogP contribution in [0.1, 0.15) is 5.56 Å². The Hall–Kier alpha value is -1.52. The summed E-state index contributed by atoms with van der Waals surface area (Å²) < 4.78 is 0. The molecule has 1 heterocycles. The molecule has 1 aromatic carbocycles. The number of rotatable bonds is 2. The molecule has 0 radical (unpaired) electrons. The number of halogens is 2. The Labute approximate surface area is 109 Å². The fraction of sp³-hybridized carbons (Fsp3) is 0.0909. The molecule has 0 spiro atoms. The van der Waals surface area contributed by atoms with Crippen LogP contribution in [0.2, 0.25) is 10.2 Å². The van der Waals surface area contributed by atoms with Gasteiger partial charge in [-0.15, -0.1) is 0 Å². The third kappa shape index (κ3) is 2.60. The van der Waals surface area contributed by atoms with Gasteiger partial charge in [0.05, 0.1) is 10.7 Å². The summed E-state index contributed by atoms with van der Waals surface area (Å²) in [6.07, 6.45) is 1.34. The van der Waals surface area contributed by atoms with E-state index < -0.39 is 0 Å². The van der Waals surface area contributed by atoms with E-state index in [1.165, 1.54) is 6.33 Å². The Morgan fingerprint density at radius 2 is 2.00 bits per heavy atom. The third-order valence-corrected chi connectivity index (χ3v) is 2.84. The molecule has 0 aliphatic heterocycles. The van der Waals surface area contributed by atoms with Crippen molar-refractivity contribution in [3.8, 4) is 0 Å². The normalized spacial score (nSPS) is 10.3. The summed E-state index contributed by atoms with van der Waals surface area (Å²) in [5, 5.41) is 3.83. The maximum atomic E-state index is 6.06. The van der Waals surface area contributed by atoms with E-state index in [1.54, 1.807) is 6.07 Å². The van der Waals surface area contributed by atoms with Gasteiger partial charge in [-0.05, 0) is 24.6 Å². The molecule has 0 bridgehead atoms. The summed E-state index contributed by atoms with van der Waals surface area (Å²) in [6.45, 7) is 1.97. The van der Waals surface area contributed by atoms with Gasteiger partial charge in [-0.1, -0.05) is 29.3 Å². The Kier molecular flexibility index (Phi) is 3.36. The molecule has 1 aromatic heterocycles. The van der Waals surface area contributed by atoms with Gasteiger partial charge in [0, 0.05) is 0 Å². The minimum atomic E-state index is 0.214. The fourth-order valence-corrected chi connectivity index (χ4v) is 1.63. The van der Waals surface area contributed by atoms with Crippen LogP contribution >= 0.6 is 23.2 Å². The standard InChI is InChI=1S/C11H10Cl2N4/c1-6-2-3-7(12)8(4-6)17-11-9(14)10(13)15-5-16-11/h2-5H,14H2,1H3,(H,15,16,17). The molecule has 0 fully saturated rings. The van der Waals surface area contributed by atoms with Gasteiger partial charge in [0.1, 0.15) is 12.0 Å². The van der Waals surface area contributed by atoms with Crippen LogP contribution in [0.15, 0.2) is 24.5 Å². The van der Waals surface area contributed by atoms with Crippen LogP contribution in [0.4, 0.5) is 17.2 Å². The van der Waals surface area contributed by atoms with E-state index in [0.717, 1.165) is 11.3 Å². The molecular weight excluding hydrogens is 259 g/mol. The topological polar surface area (TPSA) is 63.8 Å². The summed E-state index contributed by atoms with van der Waals surface area (Å²) in [5.74, 6) is 0.442. The monoisotopic (exact) mass is 268 g/mol. The van der Waals surface area contributed by atoms with Crippen molar-refractivity contribution in [2.75, 3.05) is 11.1 Å². The number of hydrogen-bond donors (Lipinski definition) is 2. The molecule has 2 rings (SSSR count). The first-order chi connectivity index (χ1) is 8.08. The van der Waals surface area contributed by atoms with E-state index >= 15 is 0 Å². The zero-order valence-electron chi connectivity index (χ0n) is 9.04. The minimum absolute atomic E-state index is 0.214. The van der Waals surface area contributed by atoms with Crippen LogP contribution < -0.4 is 11.1 Å². The highest BCUT2D eigenvalue weighted by Crippen LogP contribution is 2.29. The van der Waals surface area contributed by atoms with Gasteiger partial charge in [-0.3, -0.25) is 0 Å². The van der Waals surface area contributed by atoms with Crippen molar-refractivity contribution in [1.29, 1.82) is 0 Å². The first-order valence-corrected chi connectivity index (χ1v) is 5.62. The lowest BCUT2D eigenvalue weighted by Gasteiger charge is -2.10. The number of nitrogens with zero attached hydrogens (tertiary/aromatic N) is 2. The van der Waals surface area contributed by atoms with E-state index in [1.807, 2.05) is 19.1 Å². The summed E-state index contributed by atoms with van der Waals surface area (Å²) in [7, 11) is 0. The molecule has 4 nitrogen and oxygen atoms in total. The molecule has 0 aliphatic rings. The first-order valence-electron chi connectivity index (χ1n) is 4.87. The minimum Gasteiger partial charge on any atom is -0.393 e. The van der Waals surface area contributed by atoms with Crippen molar-refractivity contribution >= 4 is 40.4 Å². The number of nitrogens with two attached hydrogens (primary N) is 1. The smallest absolute Gasteiger partial charge is 0.158 e. The van der Waals surface area contributed by atoms with Crippen molar-refractivity contribution in [1.82, 2.24) is 9.97 Å². The molecule has 17 heavy (non-hydrogen) atoms. The highest BCUT2D eigenvalue weighted by Gasteiger charge is 2.08. The second-order valence-electron chi connectivity index (χ2n) is 3.54. The van der Waals surface area contributed by atoms with E-state index in [0.29, 0.717) is 16.5 Å². The Bertz CT molecular complexity index is 557. The van der Waals surface area contributed by atoms with Gasteiger partial charge < -0.3 is 11.1 Å². The number of nitrogens with one attached hydrogen (secondary N) is 1. The molecule has 0 atom stereocenters. The van der Waals surface area contributed by atoms with Crippen molar-refractivity contribution < 1.29 is 0 Å². The zero-order valence-corrected chi connectivity index (χ0v) is 10.5. The molecule has 0 aliphatic carbocycles. The van der Waals surface area contributed by atoms with Gasteiger partial charge in [-0.25, -0.2) is 9.97 Å². The molecule has 6 heteroatoms.